The minimum Gasteiger partial charge on any atom is -0.397 e. The van der Waals surface area contributed by atoms with Crippen LogP contribution in [0.3, 0.4) is 0 Å². The second kappa shape index (κ2) is 6.37. The smallest absolute Gasteiger partial charge is 0.225 e. The van der Waals surface area contributed by atoms with Gasteiger partial charge in [0.1, 0.15) is 5.82 Å². The van der Waals surface area contributed by atoms with Gasteiger partial charge in [-0.2, -0.15) is 11.8 Å². The number of benzene rings is 1. The van der Waals surface area contributed by atoms with Gasteiger partial charge in [0.05, 0.1) is 11.4 Å². The largest absolute Gasteiger partial charge is 0.397 e. The molecular formula is C11H15FN2OS. The molecule has 0 aromatic heterocycles. The minimum absolute atomic E-state index is 0.0979. The summed E-state index contributed by atoms with van der Waals surface area (Å²) in [5.41, 5.74) is 6.28. The van der Waals surface area contributed by atoms with Gasteiger partial charge in [-0.3, -0.25) is 4.79 Å². The number of thioether (sulfide) groups is 1. The minimum atomic E-state index is -0.406. The van der Waals surface area contributed by atoms with Crippen LogP contribution in [-0.2, 0) is 4.79 Å². The van der Waals surface area contributed by atoms with E-state index in [4.69, 9.17) is 5.73 Å². The molecule has 1 amide bonds. The molecule has 0 fully saturated rings. The summed E-state index contributed by atoms with van der Waals surface area (Å²) in [6.07, 6.45) is 0.440. The van der Waals surface area contributed by atoms with Crippen LogP contribution in [0, 0.1) is 5.82 Å². The third kappa shape index (κ3) is 4.10. The van der Waals surface area contributed by atoms with Gasteiger partial charge in [0.15, 0.2) is 0 Å². The van der Waals surface area contributed by atoms with Crippen LogP contribution in [0.15, 0.2) is 18.2 Å². The lowest BCUT2D eigenvalue weighted by Crippen LogP contribution is -2.13. The standard InChI is InChI=1S/C11H15FN2OS/c1-2-16-6-5-11(15)14-10-4-3-8(12)7-9(10)13/h3-4,7H,2,5-6,13H2,1H3,(H,14,15). The highest BCUT2D eigenvalue weighted by molar-refractivity contribution is 7.99. The molecule has 0 atom stereocenters. The van der Waals surface area contributed by atoms with Crippen LogP contribution in [0.4, 0.5) is 15.8 Å². The molecule has 5 heteroatoms. The van der Waals surface area contributed by atoms with E-state index >= 15 is 0 Å². The van der Waals surface area contributed by atoms with Gasteiger partial charge < -0.3 is 11.1 Å². The van der Waals surface area contributed by atoms with Crippen LogP contribution in [-0.4, -0.2) is 17.4 Å². The summed E-state index contributed by atoms with van der Waals surface area (Å²) in [6.45, 7) is 2.04. The Labute approximate surface area is 98.6 Å². The normalized spacial score (nSPS) is 10.1. The fraction of sp³-hybridized carbons (Fsp3) is 0.364. The summed E-state index contributed by atoms with van der Waals surface area (Å²) in [5, 5.41) is 2.65. The first-order valence-corrected chi connectivity index (χ1v) is 6.21. The fourth-order valence-electron chi connectivity index (χ4n) is 1.17. The van der Waals surface area contributed by atoms with Crippen LogP contribution < -0.4 is 11.1 Å². The summed E-state index contributed by atoms with van der Waals surface area (Å²) >= 11 is 1.70. The quantitative estimate of drug-likeness (QED) is 0.616. The molecule has 0 aliphatic heterocycles. The zero-order chi connectivity index (χ0) is 12.0. The maximum absolute atomic E-state index is 12.7. The third-order valence-corrected chi connectivity index (χ3v) is 2.87. The van der Waals surface area contributed by atoms with E-state index in [2.05, 4.69) is 5.32 Å². The molecule has 0 unspecified atom stereocenters. The molecule has 0 saturated heterocycles. The highest BCUT2D eigenvalue weighted by Gasteiger charge is 2.05. The summed E-state index contributed by atoms with van der Waals surface area (Å²) in [6, 6.07) is 3.93. The molecule has 88 valence electrons. The lowest BCUT2D eigenvalue weighted by molar-refractivity contribution is -0.115. The molecule has 0 aliphatic carbocycles. The Morgan fingerprint density at radius 1 is 1.56 bits per heavy atom. The third-order valence-electron chi connectivity index (χ3n) is 1.97. The van der Waals surface area contributed by atoms with Crippen molar-refractivity contribution in [2.45, 2.75) is 13.3 Å². The predicted octanol–water partition coefficient (Wildman–Crippen LogP) is 2.49. The van der Waals surface area contributed by atoms with Gasteiger partial charge in [-0.1, -0.05) is 6.92 Å². The van der Waals surface area contributed by atoms with E-state index < -0.39 is 5.82 Å². The second-order valence-corrected chi connectivity index (χ2v) is 4.62. The zero-order valence-electron chi connectivity index (χ0n) is 9.13. The highest BCUT2D eigenvalue weighted by atomic mass is 32.2. The molecule has 1 rings (SSSR count). The Hall–Kier alpha value is -1.23. The van der Waals surface area contributed by atoms with E-state index in [1.165, 1.54) is 18.2 Å². The zero-order valence-corrected chi connectivity index (χ0v) is 9.94. The van der Waals surface area contributed by atoms with E-state index in [0.717, 1.165) is 11.5 Å². The van der Waals surface area contributed by atoms with Gasteiger partial charge in [-0.05, 0) is 24.0 Å². The van der Waals surface area contributed by atoms with Crippen LogP contribution in [0.25, 0.3) is 0 Å². The number of rotatable bonds is 5. The van der Waals surface area contributed by atoms with Gasteiger partial charge in [-0.25, -0.2) is 4.39 Å². The summed E-state index contributed by atoms with van der Waals surface area (Å²) < 4.78 is 12.7. The summed E-state index contributed by atoms with van der Waals surface area (Å²) in [5.74, 6) is 1.27. The number of halogens is 1. The van der Waals surface area contributed by atoms with Crippen molar-refractivity contribution < 1.29 is 9.18 Å². The Bertz CT molecular complexity index is 371. The van der Waals surface area contributed by atoms with Crippen molar-refractivity contribution >= 4 is 29.0 Å². The summed E-state index contributed by atoms with van der Waals surface area (Å²) in [7, 11) is 0. The van der Waals surface area contributed by atoms with Gasteiger partial charge >= 0.3 is 0 Å². The number of hydrogen-bond donors (Lipinski definition) is 2. The molecule has 0 bridgehead atoms. The number of nitrogens with one attached hydrogen (secondary N) is 1. The lowest BCUT2D eigenvalue weighted by atomic mass is 10.2. The van der Waals surface area contributed by atoms with Crippen molar-refractivity contribution in [1.82, 2.24) is 0 Å². The van der Waals surface area contributed by atoms with Crippen LogP contribution in [0.2, 0.25) is 0 Å². The molecule has 3 N–H and O–H groups in total. The molecular weight excluding hydrogens is 227 g/mol. The maximum Gasteiger partial charge on any atom is 0.225 e. The molecule has 1 aromatic carbocycles. The lowest BCUT2D eigenvalue weighted by Gasteiger charge is -2.07. The Morgan fingerprint density at radius 3 is 2.94 bits per heavy atom. The number of amides is 1. The SMILES string of the molecule is CCSCCC(=O)Nc1ccc(F)cc1N. The van der Waals surface area contributed by atoms with Crippen molar-refractivity contribution in [3.63, 3.8) is 0 Å². The topological polar surface area (TPSA) is 55.1 Å². The van der Waals surface area contributed by atoms with E-state index in [0.29, 0.717) is 12.1 Å². The predicted molar refractivity (Wildman–Crippen MR) is 67.1 cm³/mol. The first kappa shape index (κ1) is 12.8. The maximum atomic E-state index is 12.7. The van der Waals surface area contributed by atoms with E-state index in [1.807, 2.05) is 6.92 Å². The Kier molecular flexibility index (Phi) is 5.11. The summed E-state index contributed by atoms with van der Waals surface area (Å²) in [4.78, 5) is 11.5. The van der Waals surface area contributed by atoms with Crippen molar-refractivity contribution in [1.29, 1.82) is 0 Å². The van der Waals surface area contributed by atoms with Gasteiger partial charge in [0, 0.05) is 12.2 Å². The van der Waals surface area contributed by atoms with Crippen LogP contribution in [0.5, 0.6) is 0 Å². The first-order valence-electron chi connectivity index (χ1n) is 5.06. The van der Waals surface area contributed by atoms with Crippen LogP contribution >= 0.6 is 11.8 Å². The van der Waals surface area contributed by atoms with E-state index in [9.17, 15) is 9.18 Å². The van der Waals surface area contributed by atoms with Gasteiger partial charge in [0.25, 0.3) is 0 Å². The number of hydrogen-bond acceptors (Lipinski definition) is 3. The van der Waals surface area contributed by atoms with Gasteiger partial charge in [0.2, 0.25) is 5.91 Å². The van der Waals surface area contributed by atoms with Crippen molar-refractivity contribution in [2.75, 3.05) is 22.6 Å². The number of carbonyl (C=O) groups excluding carboxylic acids is 1. The molecule has 0 saturated carbocycles. The monoisotopic (exact) mass is 242 g/mol. The van der Waals surface area contributed by atoms with Crippen molar-refractivity contribution in [3.8, 4) is 0 Å². The van der Waals surface area contributed by atoms with Crippen molar-refractivity contribution in [3.05, 3.63) is 24.0 Å². The number of nitrogen functional groups attached to an aromatic ring is 1. The van der Waals surface area contributed by atoms with Crippen LogP contribution in [0.1, 0.15) is 13.3 Å². The first-order chi connectivity index (χ1) is 7.63. The molecule has 0 aliphatic rings. The molecule has 0 spiro atoms. The number of nitrogens with two attached hydrogens (primary N) is 1. The Morgan fingerprint density at radius 2 is 2.31 bits per heavy atom. The van der Waals surface area contributed by atoms with E-state index in [1.54, 1.807) is 11.8 Å². The van der Waals surface area contributed by atoms with Gasteiger partial charge in [-0.15, -0.1) is 0 Å². The Balaban J connectivity index is 2.49. The average Bonchev–Trinajstić information content (AvgIpc) is 2.23. The van der Waals surface area contributed by atoms with E-state index in [-0.39, 0.29) is 11.6 Å². The average molecular weight is 242 g/mol. The molecule has 0 heterocycles. The number of anilines is 2. The number of carbonyl (C=O) groups is 1. The molecule has 16 heavy (non-hydrogen) atoms. The highest BCUT2D eigenvalue weighted by Crippen LogP contribution is 2.19. The van der Waals surface area contributed by atoms with Crippen molar-refractivity contribution in [2.24, 2.45) is 0 Å². The molecule has 1 aromatic rings. The second-order valence-electron chi connectivity index (χ2n) is 3.23. The molecule has 3 nitrogen and oxygen atoms in total. The fourth-order valence-corrected chi connectivity index (χ4v) is 1.79. The molecule has 0 radical (unpaired) electrons.